The van der Waals surface area contributed by atoms with Crippen molar-refractivity contribution in [1.82, 2.24) is 9.97 Å². The number of pyridine rings is 1. The van der Waals surface area contributed by atoms with Crippen LogP contribution in [0, 0.1) is 0 Å². The van der Waals surface area contributed by atoms with E-state index in [-0.39, 0.29) is 0 Å². The number of thiazole rings is 1. The second-order valence-corrected chi connectivity index (χ2v) is 4.46. The number of carbonyl (C=O) groups excluding carboxylic acids is 1. The molecular weight excluding hydrogens is 238 g/mol. The van der Waals surface area contributed by atoms with Gasteiger partial charge in [-0.3, -0.25) is 4.79 Å². The lowest BCUT2D eigenvalue weighted by molar-refractivity contribution is 0.1000. The summed E-state index contributed by atoms with van der Waals surface area (Å²) < 4.78 is 5.15. The zero-order chi connectivity index (χ0) is 12.3. The largest absolute Gasteiger partial charge is 0.481 e. The fourth-order valence-corrected chi connectivity index (χ4v) is 2.22. The van der Waals surface area contributed by atoms with E-state index in [4.69, 9.17) is 10.5 Å². The molecule has 17 heavy (non-hydrogen) atoms. The summed E-state index contributed by atoms with van der Waals surface area (Å²) in [5, 5.41) is 0.322. The van der Waals surface area contributed by atoms with E-state index in [1.165, 1.54) is 11.3 Å². The van der Waals surface area contributed by atoms with Crippen molar-refractivity contribution in [3.05, 3.63) is 40.0 Å². The molecule has 0 aliphatic heterocycles. The summed E-state index contributed by atoms with van der Waals surface area (Å²) in [6.45, 7) is 0. The normalized spacial score (nSPS) is 10.2. The predicted molar refractivity (Wildman–Crippen MR) is 64.2 cm³/mol. The van der Waals surface area contributed by atoms with Gasteiger partial charge in [-0.25, -0.2) is 9.97 Å². The number of nitrogens with two attached hydrogens (primary N) is 1. The zero-order valence-electron chi connectivity index (χ0n) is 9.21. The molecule has 2 aromatic heterocycles. The molecule has 0 saturated heterocycles. The van der Waals surface area contributed by atoms with Gasteiger partial charge in [0.1, 0.15) is 0 Å². The van der Waals surface area contributed by atoms with Crippen molar-refractivity contribution in [3.63, 3.8) is 0 Å². The summed E-state index contributed by atoms with van der Waals surface area (Å²) in [6.07, 6.45) is 3.95. The molecule has 1 amide bonds. The maximum Gasteiger partial charge on any atom is 0.277 e. The molecule has 6 heteroatoms. The Hall–Kier alpha value is -1.95. The van der Waals surface area contributed by atoms with E-state index in [2.05, 4.69) is 9.97 Å². The second-order valence-electron chi connectivity index (χ2n) is 3.34. The summed E-state index contributed by atoms with van der Waals surface area (Å²) in [5.41, 5.74) is 6.10. The van der Waals surface area contributed by atoms with Crippen LogP contribution in [-0.2, 0) is 6.42 Å². The van der Waals surface area contributed by atoms with Crippen molar-refractivity contribution in [2.24, 2.45) is 5.73 Å². The summed E-state index contributed by atoms with van der Waals surface area (Å²) in [5.74, 6) is 0.0842. The molecule has 2 aromatic rings. The molecule has 0 atom stereocenters. The van der Waals surface area contributed by atoms with Crippen LogP contribution in [0.15, 0.2) is 24.5 Å². The average Bonchev–Trinajstić information content (AvgIpc) is 2.78. The second kappa shape index (κ2) is 4.92. The van der Waals surface area contributed by atoms with Crippen LogP contribution in [-0.4, -0.2) is 23.0 Å². The first-order valence-electron chi connectivity index (χ1n) is 4.93. The highest BCUT2D eigenvalue weighted by Crippen LogP contribution is 2.21. The minimum atomic E-state index is -0.501. The van der Waals surface area contributed by atoms with Gasteiger partial charge < -0.3 is 10.5 Å². The van der Waals surface area contributed by atoms with Crippen LogP contribution in [0.1, 0.15) is 20.2 Å². The molecule has 0 bridgehead atoms. The van der Waals surface area contributed by atoms with E-state index in [0.717, 1.165) is 10.4 Å². The van der Waals surface area contributed by atoms with Gasteiger partial charge in [0.25, 0.3) is 5.91 Å². The molecule has 2 heterocycles. The summed E-state index contributed by atoms with van der Waals surface area (Å²) in [6, 6.07) is 3.77. The highest BCUT2D eigenvalue weighted by molar-refractivity contribution is 7.13. The molecule has 5 nitrogen and oxygen atoms in total. The maximum atomic E-state index is 10.9. The predicted octanol–water partition coefficient (Wildman–Crippen LogP) is 1.24. The van der Waals surface area contributed by atoms with E-state index in [1.807, 2.05) is 12.1 Å². The monoisotopic (exact) mass is 249 g/mol. The topological polar surface area (TPSA) is 78.1 Å². The molecule has 0 radical (unpaired) electrons. The molecule has 0 unspecified atom stereocenters. The first-order chi connectivity index (χ1) is 8.20. The lowest BCUT2D eigenvalue weighted by atomic mass is 10.2. The number of carbonyl (C=O) groups is 1. The van der Waals surface area contributed by atoms with E-state index < -0.39 is 5.91 Å². The number of methoxy groups -OCH3 is 1. The van der Waals surface area contributed by atoms with Crippen LogP contribution in [0.2, 0.25) is 0 Å². The fourth-order valence-electron chi connectivity index (χ4n) is 1.43. The lowest BCUT2D eigenvalue weighted by Crippen LogP contribution is -2.09. The summed E-state index contributed by atoms with van der Waals surface area (Å²) in [7, 11) is 1.58. The number of nitrogens with zero attached hydrogens (tertiary/aromatic N) is 2. The van der Waals surface area contributed by atoms with Gasteiger partial charge in [-0.05, 0) is 6.07 Å². The Morgan fingerprint density at radius 1 is 1.53 bits per heavy atom. The van der Waals surface area contributed by atoms with Gasteiger partial charge in [0, 0.05) is 29.3 Å². The molecule has 0 aliphatic carbocycles. The lowest BCUT2D eigenvalue weighted by Gasteiger charge is -2.04. The van der Waals surface area contributed by atoms with Crippen molar-refractivity contribution in [2.75, 3.05) is 7.11 Å². The average molecular weight is 249 g/mol. The van der Waals surface area contributed by atoms with Crippen molar-refractivity contribution >= 4 is 17.2 Å². The number of amides is 1. The van der Waals surface area contributed by atoms with Crippen LogP contribution in [0.25, 0.3) is 0 Å². The number of hydrogen-bond donors (Lipinski definition) is 1. The maximum absolute atomic E-state index is 10.9. The highest BCUT2D eigenvalue weighted by atomic mass is 32.1. The molecular formula is C11H11N3O2S. The Bertz CT molecular complexity index is 539. The molecule has 0 aromatic carbocycles. The van der Waals surface area contributed by atoms with Gasteiger partial charge in [0.05, 0.1) is 7.11 Å². The highest BCUT2D eigenvalue weighted by Gasteiger charge is 2.10. The number of hydrogen-bond acceptors (Lipinski definition) is 5. The van der Waals surface area contributed by atoms with Crippen molar-refractivity contribution < 1.29 is 9.53 Å². The minimum Gasteiger partial charge on any atom is -0.481 e. The third-order valence-electron chi connectivity index (χ3n) is 2.17. The summed E-state index contributed by atoms with van der Waals surface area (Å²) >= 11 is 1.29. The van der Waals surface area contributed by atoms with Gasteiger partial charge in [-0.15, -0.1) is 11.3 Å². The van der Waals surface area contributed by atoms with Crippen LogP contribution < -0.4 is 10.5 Å². The van der Waals surface area contributed by atoms with Crippen LogP contribution in [0.5, 0.6) is 5.88 Å². The quantitative estimate of drug-likeness (QED) is 0.884. The van der Waals surface area contributed by atoms with Gasteiger partial charge in [-0.1, -0.05) is 6.07 Å². The number of rotatable bonds is 4. The van der Waals surface area contributed by atoms with Gasteiger partial charge in [0.15, 0.2) is 5.01 Å². The third-order valence-corrected chi connectivity index (χ3v) is 3.18. The number of primary amides is 1. The molecule has 0 aliphatic rings. The first kappa shape index (κ1) is 11.5. The van der Waals surface area contributed by atoms with E-state index in [1.54, 1.807) is 19.5 Å². The Labute approximate surface area is 102 Å². The smallest absolute Gasteiger partial charge is 0.277 e. The molecule has 2 rings (SSSR count). The van der Waals surface area contributed by atoms with Crippen LogP contribution >= 0.6 is 11.3 Å². The zero-order valence-corrected chi connectivity index (χ0v) is 10.0. The van der Waals surface area contributed by atoms with Crippen molar-refractivity contribution in [3.8, 4) is 5.88 Å². The van der Waals surface area contributed by atoms with Crippen LogP contribution in [0.4, 0.5) is 0 Å². The number of ether oxygens (including phenoxy) is 1. The van der Waals surface area contributed by atoms with E-state index in [9.17, 15) is 4.79 Å². The van der Waals surface area contributed by atoms with Crippen LogP contribution in [0.3, 0.4) is 0 Å². The minimum absolute atomic E-state index is 0.322. The third kappa shape index (κ3) is 2.59. The van der Waals surface area contributed by atoms with Crippen molar-refractivity contribution in [1.29, 1.82) is 0 Å². The molecule has 88 valence electrons. The van der Waals surface area contributed by atoms with Crippen molar-refractivity contribution in [2.45, 2.75) is 6.42 Å². The SMILES string of the molecule is COc1ncccc1Cc1cnc(C(N)=O)s1. The van der Waals surface area contributed by atoms with Gasteiger partial charge >= 0.3 is 0 Å². The Kier molecular flexibility index (Phi) is 3.34. The van der Waals surface area contributed by atoms with E-state index in [0.29, 0.717) is 17.3 Å². The molecule has 0 spiro atoms. The molecule has 0 saturated carbocycles. The molecule has 2 N–H and O–H groups in total. The van der Waals surface area contributed by atoms with E-state index >= 15 is 0 Å². The Morgan fingerprint density at radius 2 is 2.35 bits per heavy atom. The fraction of sp³-hybridized carbons (Fsp3) is 0.182. The van der Waals surface area contributed by atoms with Gasteiger partial charge in [-0.2, -0.15) is 0 Å². The Morgan fingerprint density at radius 3 is 3.00 bits per heavy atom. The first-order valence-corrected chi connectivity index (χ1v) is 5.74. The Balaban J connectivity index is 2.22. The number of aromatic nitrogens is 2. The van der Waals surface area contributed by atoms with Gasteiger partial charge in [0.2, 0.25) is 5.88 Å². The standard InChI is InChI=1S/C11H11N3O2S/c1-16-10-7(3-2-4-13-10)5-8-6-14-11(17-8)9(12)15/h2-4,6H,5H2,1H3,(H2,12,15). The molecule has 0 fully saturated rings. The summed E-state index contributed by atoms with van der Waals surface area (Å²) in [4.78, 5) is 19.9.